The summed E-state index contributed by atoms with van der Waals surface area (Å²) in [5.41, 5.74) is 2.72. The van der Waals surface area contributed by atoms with Crippen LogP contribution in [0.4, 0.5) is 0 Å². The van der Waals surface area contributed by atoms with E-state index in [9.17, 15) is 0 Å². The van der Waals surface area contributed by atoms with Gasteiger partial charge in [-0.15, -0.1) is 5.69 Å². The van der Waals surface area contributed by atoms with E-state index in [1.165, 1.54) is 11.4 Å². The van der Waals surface area contributed by atoms with Crippen molar-refractivity contribution in [2.75, 3.05) is 0 Å². The minimum Gasteiger partial charge on any atom is -0.395 e. The minimum atomic E-state index is 0. The van der Waals surface area contributed by atoms with E-state index >= 15 is 0 Å². The molecule has 0 atom stereocenters. The molecule has 0 aliphatic rings. The van der Waals surface area contributed by atoms with E-state index in [1.807, 2.05) is 0 Å². The molecule has 0 spiro atoms. The Balaban J connectivity index is 0.00000169. The molecule has 0 saturated heterocycles. The third-order valence-corrected chi connectivity index (χ3v) is 2.18. The summed E-state index contributed by atoms with van der Waals surface area (Å²) in [6.07, 6.45) is 0. The molecule has 0 saturated carbocycles. The maximum Gasteiger partial charge on any atom is 1.00 e. The van der Waals surface area contributed by atoms with E-state index < -0.39 is 0 Å². The van der Waals surface area contributed by atoms with Crippen LogP contribution in [0.3, 0.4) is 0 Å². The largest absolute Gasteiger partial charge is 1.00 e. The van der Waals surface area contributed by atoms with Crippen LogP contribution >= 0.6 is 0 Å². The van der Waals surface area contributed by atoms with Crippen LogP contribution in [-0.2, 0) is 10.8 Å². The van der Waals surface area contributed by atoms with Gasteiger partial charge in [-0.2, -0.15) is 12.1 Å². The molecular formula is C12H20LiN. The van der Waals surface area contributed by atoms with Gasteiger partial charge in [-0.05, 0) is 5.41 Å². The van der Waals surface area contributed by atoms with Crippen molar-refractivity contribution in [3.8, 4) is 0 Å². The van der Waals surface area contributed by atoms with Crippen LogP contribution in [-0.4, -0.2) is 4.98 Å². The van der Waals surface area contributed by atoms with Crippen LogP contribution in [0.2, 0.25) is 0 Å². The average Bonchev–Trinajstić information content (AvgIpc) is 2.28. The molecule has 0 radical (unpaired) electrons. The normalized spacial score (nSPS) is 12.4. The molecule has 0 aromatic carbocycles. The molecular weight excluding hydrogens is 165 g/mol. The summed E-state index contributed by atoms with van der Waals surface area (Å²) in [5.74, 6) is 0. The van der Waals surface area contributed by atoms with Crippen molar-refractivity contribution in [1.82, 2.24) is 4.98 Å². The molecule has 1 aromatic rings. The van der Waals surface area contributed by atoms with E-state index in [-0.39, 0.29) is 29.7 Å². The third kappa shape index (κ3) is 3.22. The Morgan fingerprint density at radius 3 is 1.79 bits per heavy atom. The molecule has 0 bridgehead atoms. The standard InChI is InChI=1S/C12H20N.Li/c1-11(2,3)9-7-8-10(13-9)12(4,5)6;/h7-8H,1-6H3;/q-1;+1. The molecule has 0 unspecified atom stereocenters. The molecule has 14 heavy (non-hydrogen) atoms. The van der Waals surface area contributed by atoms with Crippen molar-refractivity contribution >= 4 is 0 Å². The number of aromatic nitrogens is 1. The molecule has 2 heteroatoms. The summed E-state index contributed by atoms with van der Waals surface area (Å²) in [6, 6.07) is 4.28. The molecule has 0 aliphatic carbocycles. The first-order valence-corrected chi connectivity index (χ1v) is 4.86. The van der Waals surface area contributed by atoms with Crippen molar-refractivity contribution in [3.63, 3.8) is 0 Å². The van der Waals surface area contributed by atoms with E-state index in [2.05, 4.69) is 58.7 Å². The van der Waals surface area contributed by atoms with Gasteiger partial charge in [0, 0.05) is 0 Å². The van der Waals surface area contributed by atoms with Gasteiger partial charge in [0.05, 0.1) is 0 Å². The van der Waals surface area contributed by atoms with E-state index in [4.69, 9.17) is 0 Å². The second-order valence-electron chi connectivity index (χ2n) is 5.72. The van der Waals surface area contributed by atoms with Crippen molar-refractivity contribution in [1.29, 1.82) is 0 Å². The fourth-order valence-corrected chi connectivity index (χ4v) is 1.20. The number of rotatable bonds is 0. The second kappa shape index (κ2) is 4.17. The number of hydrogen-bond acceptors (Lipinski definition) is 1. The van der Waals surface area contributed by atoms with Gasteiger partial charge in [0.2, 0.25) is 0 Å². The Kier molecular flexibility index (Phi) is 4.13. The first-order chi connectivity index (χ1) is 5.71. The van der Waals surface area contributed by atoms with Crippen LogP contribution in [0.15, 0.2) is 12.1 Å². The number of hydrogen-bond donors (Lipinski definition) is 0. The van der Waals surface area contributed by atoms with Gasteiger partial charge in [0.15, 0.2) is 0 Å². The molecule has 1 rings (SSSR count). The second-order valence-corrected chi connectivity index (χ2v) is 5.72. The minimum absolute atomic E-state index is 0. The molecule has 1 aromatic heterocycles. The van der Waals surface area contributed by atoms with Crippen LogP contribution in [0.5, 0.6) is 0 Å². The number of nitrogens with zero attached hydrogens (tertiary/aromatic N) is 1. The van der Waals surface area contributed by atoms with Crippen LogP contribution in [0.1, 0.15) is 52.9 Å². The first kappa shape index (κ1) is 13.9. The van der Waals surface area contributed by atoms with Crippen LogP contribution in [0.25, 0.3) is 0 Å². The van der Waals surface area contributed by atoms with Gasteiger partial charge in [-0.25, -0.2) is 0 Å². The Morgan fingerprint density at radius 1 is 1.07 bits per heavy atom. The molecule has 0 aliphatic heterocycles. The van der Waals surface area contributed by atoms with E-state index in [0.29, 0.717) is 0 Å². The van der Waals surface area contributed by atoms with Crippen molar-refractivity contribution in [2.24, 2.45) is 0 Å². The summed E-state index contributed by atoms with van der Waals surface area (Å²) in [7, 11) is 0. The average molecular weight is 185 g/mol. The topological polar surface area (TPSA) is 12.9 Å². The summed E-state index contributed by atoms with van der Waals surface area (Å²) < 4.78 is 0. The Bertz CT molecular complexity index is 258. The molecule has 0 N–H and O–H groups in total. The van der Waals surface area contributed by atoms with Crippen LogP contribution < -0.4 is 18.9 Å². The fraction of sp³-hybridized carbons (Fsp3) is 0.667. The van der Waals surface area contributed by atoms with Gasteiger partial charge in [0.25, 0.3) is 0 Å². The van der Waals surface area contributed by atoms with E-state index in [0.717, 1.165) is 0 Å². The zero-order chi connectivity index (χ0) is 10.3. The molecule has 0 amide bonds. The zero-order valence-electron chi connectivity index (χ0n) is 10.6. The monoisotopic (exact) mass is 185 g/mol. The Hall–Kier alpha value is -0.123. The molecule has 1 heterocycles. The molecule has 1 nitrogen and oxygen atoms in total. The maximum atomic E-state index is 4.65. The summed E-state index contributed by atoms with van der Waals surface area (Å²) in [4.78, 5) is 4.65. The first-order valence-electron chi connectivity index (χ1n) is 4.86. The predicted molar refractivity (Wildman–Crippen MR) is 57.2 cm³/mol. The summed E-state index contributed by atoms with van der Waals surface area (Å²) in [6.45, 7) is 13.2. The molecule has 74 valence electrons. The van der Waals surface area contributed by atoms with Gasteiger partial charge in [-0.1, -0.05) is 52.7 Å². The van der Waals surface area contributed by atoms with Gasteiger partial charge in [-0.3, -0.25) is 0 Å². The van der Waals surface area contributed by atoms with Gasteiger partial charge >= 0.3 is 18.9 Å². The molecule has 0 fully saturated rings. The van der Waals surface area contributed by atoms with Gasteiger partial charge in [0.1, 0.15) is 0 Å². The SMILES string of the molecule is CC(C)(C)c1cc[c-](C(C)(C)C)n1.[Li+]. The Morgan fingerprint density at radius 2 is 1.57 bits per heavy atom. The zero-order valence-corrected chi connectivity index (χ0v) is 10.6. The fourth-order valence-electron chi connectivity index (χ4n) is 1.20. The summed E-state index contributed by atoms with van der Waals surface area (Å²) in [5, 5.41) is 0. The van der Waals surface area contributed by atoms with Crippen molar-refractivity contribution in [3.05, 3.63) is 23.5 Å². The smallest absolute Gasteiger partial charge is 0.395 e. The van der Waals surface area contributed by atoms with Crippen molar-refractivity contribution < 1.29 is 18.9 Å². The predicted octanol–water partition coefficient (Wildman–Crippen LogP) is 0.399. The quantitative estimate of drug-likeness (QED) is 0.421. The summed E-state index contributed by atoms with van der Waals surface area (Å²) >= 11 is 0. The van der Waals surface area contributed by atoms with Gasteiger partial charge < -0.3 is 4.98 Å². The Labute approximate surface area is 99.9 Å². The maximum absolute atomic E-state index is 4.65. The third-order valence-electron chi connectivity index (χ3n) is 2.18. The van der Waals surface area contributed by atoms with E-state index in [1.54, 1.807) is 0 Å². The van der Waals surface area contributed by atoms with Crippen molar-refractivity contribution in [2.45, 2.75) is 52.4 Å². The van der Waals surface area contributed by atoms with Crippen LogP contribution in [0, 0.1) is 0 Å².